The Kier molecular flexibility index (Phi) is 4.49. The molecule has 2 aromatic heterocycles. The molecule has 106 valence electrons. The van der Waals surface area contributed by atoms with Crippen molar-refractivity contribution in [1.29, 1.82) is 0 Å². The zero-order valence-corrected chi connectivity index (χ0v) is 11.3. The van der Waals surface area contributed by atoms with E-state index in [-0.39, 0.29) is 19.6 Å². The number of amides is 1. The molecule has 0 spiro atoms. The highest BCUT2D eigenvalue weighted by molar-refractivity contribution is 7.13. The highest BCUT2D eigenvalue weighted by atomic mass is 32.1. The van der Waals surface area contributed by atoms with E-state index in [0.29, 0.717) is 16.5 Å². The van der Waals surface area contributed by atoms with Crippen molar-refractivity contribution in [2.24, 2.45) is 5.73 Å². The maximum Gasteiger partial charge on any atom is 0.317 e. The molecule has 0 aromatic carbocycles. The van der Waals surface area contributed by atoms with E-state index in [1.807, 2.05) is 0 Å². The van der Waals surface area contributed by atoms with E-state index in [9.17, 15) is 9.59 Å². The summed E-state index contributed by atoms with van der Waals surface area (Å²) in [5, 5.41) is 11.3. The minimum Gasteiger partial charge on any atom is -0.480 e. The van der Waals surface area contributed by atoms with Crippen molar-refractivity contribution in [1.82, 2.24) is 9.88 Å². The highest BCUT2D eigenvalue weighted by Gasteiger charge is 2.15. The standard InChI is InChI=1S/C12H13N3O4S/c13-10(16)5-15(6-11(17)18)4-8-7-20-12(14-8)9-2-1-3-19-9/h1-3,7H,4-6H2,(H2,13,16)(H,17,18). The summed E-state index contributed by atoms with van der Waals surface area (Å²) in [6, 6.07) is 3.56. The second-order valence-electron chi connectivity index (χ2n) is 4.13. The molecule has 2 aromatic rings. The fourth-order valence-corrected chi connectivity index (χ4v) is 2.48. The van der Waals surface area contributed by atoms with Crippen molar-refractivity contribution in [3.8, 4) is 10.8 Å². The molecule has 20 heavy (non-hydrogen) atoms. The molecule has 8 heteroatoms. The van der Waals surface area contributed by atoms with Gasteiger partial charge in [0.15, 0.2) is 10.8 Å². The Morgan fingerprint density at radius 1 is 1.45 bits per heavy atom. The Morgan fingerprint density at radius 3 is 2.85 bits per heavy atom. The van der Waals surface area contributed by atoms with Crippen LogP contribution in [0.2, 0.25) is 0 Å². The molecule has 1 amide bonds. The molecule has 0 unspecified atom stereocenters. The summed E-state index contributed by atoms with van der Waals surface area (Å²) >= 11 is 1.39. The van der Waals surface area contributed by atoms with Crippen LogP contribution in [0.25, 0.3) is 10.8 Å². The second-order valence-corrected chi connectivity index (χ2v) is 4.98. The summed E-state index contributed by atoms with van der Waals surface area (Å²) in [5.41, 5.74) is 5.77. The smallest absolute Gasteiger partial charge is 0.317 e. The molecular formula is C12H13N3O4S. The van der Waals surface area contributed by atoms with Crippen molar-refractivity contribution in [2.45, 2.75) is 6.54 Å². The minimum atomic E-state index is -1.02. The number of carboxylic acids is 1. The number of thiazole rings is 1. The van der Waals surface area contributed by atoms with Gasteiger partial charge in [0.2, 0.25) is 5.91 Å². The summed E-state index contributed by atoms with van der Waals surface area (Å²) < 4.78 is 5.23. The second kappa shape index (κ2) is 6.31. The molecule has 3 N–H and O–H groups in total. The van der Waals surface area contributed by atoms with Crippen molar-refractivity contribution in [2.75, 3.05) is 13.1 Å². The van der Waals surface area contributed by atoms with Gasteiger partial charge in [-0.25, -0.2) is 4.98 Å². The number of aliphatic carboxylic acids is 1. The summed E-state index contributed by atoms with van der Waals surface area (Å²) in [6.45, 7) is -0.150. The number of hydrogen-bond donors (Lipinski definition) is 2. The Labute approximate surface area is 118 Å². The third-order valence-corrected chi connectivity index (χ3v) is 3.31. The average molecular weight is 295 g/mol. The first-order chi connectivity index (χ1) is 9.54. The lowest BCUT2D eigenvalue weighted by Gasteiger charge is -2.16. The lowest BCUT2D eigenvalue weighted by Crippen LogP contribution is -2.36. The molecule has 0 aliphatic heterocycles. The molecule has 7 nitrogen and oxygen atoms in total. The Morgan fingerprint density at radius 2 is 2.25 bits per heavy atom. The molecule has 0 bridgehead atoms. The number of nitrogens with zero attached hydrogens (tertiary/aromatic N) is 2. The molecule has 0 fully saturated rings. The number of rotatable bonds is 7. The number of hydrogen-bond acceptors (Lipinski definition) is 6. The van der Waals surface area contributed by atoms with Crippen molar-refractivity contribution >= 4 is 23.2 Å². The maximum atomic E-state index is 10.9. The van der Waals surface area contributed by atoms with Crippen LogP contribution in [0.15, 0.2) is 28.2 Å². The van der Waals surface area contributed by atoms with Crippen LogP contribution in [0.4, 0.5) is 0 Å². The minimum absolute atomic E-state index is 0.125. The number of aromatic nitrogens is 1. The lowest BCUT2D eigenvalue weighted by atomic mass is 10.3. The first-order valence-corrected chi connectivity index (χ1v) is 6.63. The van der Waals surface area contributed by atoms with Gasteiger partial charge in [-0.1, -0.05) is 0 Å². The van der Waals surface area contributed by atoms with Crippen LogP contribution >= 0.6 is 11.3 Å². The van der Waals surface area contributed by atoms with E-state index in [2.05, 4.69) is 4.98 Å². The normalized spacial score (nSPS) is 10.8. The average Bonchev–Trinajstić information content (AvgIpc) is 2.95. The van der Waals surface area contributed by atoms with Gasteiger partial charge in [0.1, 0.15) is 0 Å². The highest BCUT2D eigenvalue weighted by Crippen LogP contribution is 2.24. The van der Waals surface area contributed by atoms with Crippen molar-refractivity contribution < 1.29 is 19.1 Å². The van der Waals surface area contributed by atoms with E-state index in [1.54, 1.807) is 23.8 Å². The third kappa shape index (κ3) is 3.90. The zero-order chi connectivity index (χ0) is 14.5. The van der Waals surface area contributed by atoms with Crippen LogP contribution < -0.4 is 5.73 Å². The Balaban J connectivity index is 2.06. The van der Waals surface area contributed by atoms with Crippen LogP contribution in [0.1, 0.15) is 5.69 Å². The Hall–Kier alpha value is -2.19. The number of carboxylic acid groups (broad SMARTS) is 1. The van der Waals surface area contributed by atoms with E-state index in [0.717, 1.165) is 0 Å². The number of furan rings is 1. The van der Waals surface area contributed by atoms with E-state index < -0.39 is 11.9 Å². The molecule has 2 rings (SSSR count). The van der Waals surface area contributed by atoms with Gasteiger partial charge in [-0.2, -0.15) is 0 Å². The maximum absolute atomic E-state index is 10.9. The molecule has 0 aliphatic carbocycles. The van der Waals surface area contributed by atoms with E-state index in [1.165, 1.54) is 16.2 Å². The van der Waals surface area contributed by atoms with Crippen LogP contribution in [-0.4, -0.2) is 40.0 Å². The van der Waals surface area contributed by atoms with Gasteiger partial charge < -0.3 is 15.3 Å². The molecule has 0 saturated carbocycles. The van der Waals surface area contributed by atoms with E-state index in [4.69, 9.17) is 15.3 Å². The van der Waals surface area contributed by atoms with Crippen LogP contribution in [0, 0.1) is 0 Å². The molecule has 0 saturated heterocycles. The first-order valence-electron chi connectivity index (χ1n) is 5.75. The van der Waals surface area contributed by atoms with Gasteiger partial charge in [0.05, 0.1) is 25.0 Å². The van der Waals surface area contributed by atoms with Crippen LogP contribution in [0.5, 0.6) is 0 Å². The van der Waals surface area contributed by atoms with Crippen LogP contribution in [0.3, 0.4) is 0 Å². The number of primary amides is 1. The Bertz CT molecular complexity index is 578. The van der Waals surface area contributed by atoms with Crippen molar-refractivity contribution in [3.05, 3.63) is 29.5 Å². The molecule has 0 atom stereocenters. The topological polar surface area (TPSA) is 110 Å². The monoisotopic (exact) mass is 295 g/mol. The summed E-state index contributed by atoms with van der Waals surface area (Å²) in [6.07, 6.45) is 1.56. The zero-order valence-electron chi connectivity index (χ0n) is 10.5. The third-order valence-electron chi connectivity index (χ3n) is 2.41. The van der Waals surface area contributed by atoms with Gasteiger partial charge in [-0.15, -0.1) is 11.3 Å². The summed E-state index contributed by atoms with van der Waals surface area (Å²) in [5.74, 6) is -0.943. The molecule has 0 aliphatic rings. The number of nitrogens with two attached hydrogens (primary N) is 1. The van der Waals surface area contributed by atoms with Gasteiger partial charge in [0, 0.05) is 11.9 Å². The van der Waals surface area contributed by atoms with Crippen molar-refractivity contribution in [3.63, 3.8) is 0 Å². The summed E-state index contributed by atoms with van der Waals surface area (Å²) in [7, 11) is 0. The SMILES string of the molecule is NC(=O)CN(CC(=O)O)Cc1csc(-c2ccco2)n1. The molecule has 2 heterocycles. The fourth-order valence-electron chi connectivity index (χ4n) is 1.70. The molecular weight excluding hydrogens is 282 g/mol. The van der Waals surface area contributed by atoms with Gasteiger partial charge in [-0.05, 0) is 12.1 Å². The first kappa shape index (κ1) is 14.2. The van der Waals surface area contributed by atoms with E-state index >= 15 is 0 Å². The summed E-state index contributed by atoms with van der Waals surface area (Å²) in [4.78, 5) is 27.4. The predicted octanol–water partition coefficient (Wildman–Crippen LogP) is 0.775. The largest absolute Gasteiger partial charge is 0.480 e. The predicted molar refractivity (Wildman–Crippen MR) is 71.9 cm³/mol. The van der Waals surface area contributed by atoms with Gasteiger partial charge >= 0.3 is 5.97 Å². The molecule has 0 radical (unpaired) electrons. The van der Waals surface area contributed by atoms with Crippen LogP contribution in [-0.2, 0) is 16.1 Å². The number of carbonyl (C=O) groups is 2. The number of carbonyl (C=O) groups excluding carboxylic acids is 1. The fraction of sp³-hybridized carbons (Fsp3) is 0.250. The van der Waals surface area contributed by atoms with Gasteiger partial charge in [0.25, 0.3) is 0 Å². The lowest BCUT2D eigenvalue weighted by molar-refractivity contribution is -0.138. The van der Waals surface area contributed by atoms with Gasteiger partial charge in [-0.3, -0.25) is 14.5 Å². The quantitative estimate of drug-likeness (QED) is 0.781.